The maximum atomic E-state index is 12.2. The van der Waals surface area contributed by atoms with Crippen molar-refractivity contribution in [2.45, 2.75) is 32.7 Å². The van der Waals surface area contributed by atoms with Crippen LogP contribution in [0.3, 0.4) is 0 Å². The Labute approximate surface area is 129 Å². The van der Waals surface area contributed by atoms with E-state index in [2.05, 4.69) is 20.7 Å². The van der Waals surface area contributed by atoms with E-state index in [0.717, 1.165) is 43.1 Å². The number of hydrogen-bond acceptors (Lipinski definition) is 4. The van der Waals surface area contributed by atoms with Gasteiger partial charge in [0.25, 0.3) is 5.91 Å². The van der Waals surface area contributed by atoms with Crippen LogP contribution in [0.25, 0.3) is 5.82 Å². The number of carbonyl (C=O) groups is 1. The van der Waals surface area contributed by atoms with Gasteiger partial charge in [0.15, 0.2) is 5.82 Å². The second-order valence-corrected chi connectivity index (χ2v) is 5.76. The van der Waals surface area contributed by atoms with E-state index in [9.17, 15) is 4.79 Å². The summed E-state index contributed by atoms with van der Waals surface area (Å²) >= 11 is 0. The molecule has 0 aliphatic carbocycles. The molecular formula is C16H21N5O. The molecule has 1 unspecified atom stereocenters. The molecule has 1 atom stereocenters. The summed E-state index contributed by atoms with van der Waals surface area (Å²) in [6, 6.07) is 5.83. The van der Waals surface area contributed by atoms with Crippen LogP contribution in [0, 0.1) is 13.8 Å². The van der Waals surface area contributed by atoms with Crippen LogP contribution in [-0.2, 0) is 0 Å². The molecule has 3 heterocycles. The van der Waals surface area contributed by atoms with E-state index in [-0.39, 0.29) is 11.9 Å². The first-order valence-corrected chi connectivity index (χ1v) is 7.65. The predicted molar refractivity (Wildman–Crippen MR) is 84.2 cm³/mol. The Bertz CT molecular complexity index is 656. The first-order valence-electron chi connectivity index (χ1n) is 7.65. The lowest BCUT2D eigenvalue weighted by Gasteiger charge is -2.23. The molecule has 22 heavy (non-hydrogen) atoms. The minimum atomic E-state index is -0.0684. The maximum absolute atomic E-state index is 12.2. The van der Waals surface area contributed by atoms with Gasteiger partial charge in [-0.3, -0.25) is 4.79 Å². The third-order valence-corrected chi connectivity index (χ3v) is 3.87. The van der Waals surface area contributed by atoms with Crippen molar-refractivity contribution in [2.24, 2.45) is 0 Å². The van der Waals surface area contributed by atoms with Gasteiger partial charge in [-0.25, -0.2) is 9.67 Å². The Morgan fingerprint density at radius 3 is 2.86 bits per heavy atom. The molecule has 116 valence electrons. The van der Waals surface area contributed by atoms with Crippen molar-refractivity contribution >= 4 is 5.91 Å². The van der Waals surface area contributed by atoms with Crippen molar-refractivity contribution in [3.05, 3.63) is 41.3 Å². The van der Waals surface area contributed by atoms with Crippen LogP contribution in [0.2, 0.25) is 0 Å². The van der Waals surface area contributed by atoms with Crippen LogP contribution in [0.1, 0.15) is 34.6 Å². The quantitative estimate of drug-likeness (QED) is 0.898. The van der Waals surface area contributed by atoms with Crippen molar-refractivity contribution in [1.82, 2.24) is 25.4 Å². The first-order chi connectivity index (χ1) is 10.6. The summed E-state index contributed by atoms with van der Waals surface area (Å²) < 4.78 is 1.78. The maximum Gasteiger partial charge on any atom is 0.253 e. The molecule has 1 saturated heterocycles. The zero-order valence-corrected chi connectivity index (χ0v) is 13.0. The Morgan fingerprint density at radius 1 is 1.41 bits per heavy atom. The number of aromatic nitrogens is 3. The highest BCUT2D eigenvalue weighted by Crippen LogP contribution is 2.11. The molecule has 2 aromatic heterocycles. The van der Waals surface area contributed by atoms with Crippen molar-refractivity contribution < 1.29 is 4.79 Å². The number of amides is 1. The summed E-state index contributed by atoms with van der Waals surface area (Å²) in [4.78, 5) is 16.6. The van der Waals surface area contributed by atoms with Crippen molar-refractivity contribution in [3.8, 4) is 5.82 Å². The molecule has 6 nitrogen and oxygen atoms in total. The molecular weight excluding hydrogens is 278 g/mol. The number of rotatable bonds is 3. The van der Waals surface area contributed by atoms with E-state index in [0.29, 0.717) is 5.56 Å². The lowest BCUT2D eigenvalue weighted by molar-refractivity contribution is 0.0930. The number of carbonyl (C=O) groups excluding carboxylic acids is 1. The Balaban J connectivity index is 1.70. The molecule has 0 bridgehead atoms. The number of nitrogens with zero attached hydrogens (tertiary/aromatic N) is 3. The third kappa shape index (κ3) is 3.17. The predicted octanol–water partition coefficient (Wildman–Crippen LogP) is 1.37. The smallest absolute Gasteiger partial charge is 0.253 e. The Hall–Kier alpha value is -2.21. The molecule has 0 aromatic carbocycles. The highest BCUT2D eigenvalue weighted by Gasteiger charge is 2.16. The van der Waals surface area contributed by atoms with Gasteiger partial charge in [0.1, 0.15) is 0 Å². The Morgan fingerprint density at radius 2 is 2.27 bits per heavy atom. The van der Waals surface area contributed by atoms with Gasteiger partial charge in [-0.15, -0.1) is 0 Å². The van der Waals surface area contributed by atoms with E-state index in [4.69, 9.17) is 0 Å². The van der Waals surface area contributed by atoms with Gasteiger partial charge in [-0.05, 0) is 51.4 Å². The molecule has 1 aliphatic heterocycles. The summed E-state index contributed by atoms with van der Waals surface area (Å²) in [5.74, 6) is 0.655. The SMILES string of the molecule is Cc1cc(C)n(-c2ccc(C(=O)NC3CCCNC3)cn2)n1. The standard InChI is InChI=1S/C16H21N5O/c1-11-8-12(2)21(20-11)15-6-5-13(9-18-15)16(22)19-14-4-3-7-17-10-14/h5-6,8-9,14,17H,3-4,7,10H2,1-2H3,(H,19,22). The van der Waals surface area contributed by atoms with E-state index in [1.807, 2.05) is 26.0 Å². The second-order valence-electron chi connectivity index (χ2n) is 5.76. The Kier molecular flexibility index (Phi) is 4.20. The third-order valence-electron chi connectivity index (χ3n) is 3.87. The van der Waals surface area contributed by atoms with Crippen LogP contribution in [0.4, 0.5) is 0 Å². The molecule has 0 radical (unpaired) electrons. The van der Waals surface area contributed by atoms with E-state index >= 15 is 0 Å². The van der Waals surface area contributed by atoms with Gasteiger partial charge in [0.05, 0.1) is 11.3 Å². The topological polar surface area (TPSA) is 71.8 Å². The fourth-order valence-corrected chi connectivity index (χ4v) is 2.75. The lowest BCUT2D eigenvalue weighted by Crippen LogP contribution is -2.45. The van der Waals surface area contributed by atoms with Gasteiger partial charge < -0.3 is 10.6 Å². The summed E-state index contributed by atoms with van der Waals surface area (Å²) in [7, 11) is 0. The van der Waals surface area contributed by atoms with Gasteiger partial charge in [-0.1, -0.05) is 0 Å². The number of nitrogens with one attached hydrogen (secondary N) is 2. The zero-order chi connectivity index (χ0) is 15.5. The number of hydrogen-bond donors (Lipinski definition) is 2. The number of aryl methyl sites for hydroxylation is 2. The minimum Gasteiger partial charge on any atom is -0.348 e. The van der Waals surface area contributed by atoms with Crippen LogP contribution in [-0.4, -0.2) is 39.8 Å². The molecule has 2 N–H and O–H groups in total. The van der Waals surface area contributed by atoms with Crippen LogP contribution < -0.4 is 10.6 Å². The molecule has 1 amide bonds. The highest BCUT2D eigenvalue weighted by atomic mass is 16.1. The van der Waals surface area contributed by atoms with E-state index < -0.39 is 0 Å². The number of pyridine rings is 1. The number of piperidine rings is 1. The zero-order valence-electron chi connectivity index (χ0n) is 13.0. The molecule has 0 spiro atoms. The lowest BCUT2D eigenvalue weighted by atomic mass is 10.1. The normalized spacial score (nSPS) is 18.2. The second kappa shape index (κ2) is 6.27. The van der Waals surface area contributed by atoms with Crippen molar-refractivity contribution in [2.75, 3.05) is 13.1 Å². The van der Waals surface area contributed by atoms with Crippen LogP contribution >= 0.6 is 0 Å². The summed E-state index contributed by atoms with van der Waals surface area (Å²) in [6.07, 6.45) is 3.73. The largest absolute Gasteiger partial charge is 0.348 e. The monoisotopic (exact) mass is 299 g/mol. The van der Waals surface area contributed by atoms with Crippen LogP contribution in [0.15, 0.2) is 24.4 Å². The average molecular weight is 299 g/mol. The fourth-order valence-electron chi connectivity index (χ4n) is 2.75. The average Bonchev–Trinajstić information content (AvgIpc) is 2.87. The van der Waals surface area contributed by atoms with Gasteiger partial charge in [0, 0.05) is 24.5 Å². The molecule has 3 rings (SSSR count). The van der Waals surface area contributed by atoms with Crippen molar-refractivity contribution in [1.29, 1.82) is 0 Å². The first kappa shape index (κ1) is 14.7. The van der Waals surface area contributed by atoms with Crippen LogP contribution in [0.5, 0.6) is 0 Å². The molecule has 0 saturated carbocycles. The molecule has 1 fully saturated rings. The summed E-state index contributed by atoms with van der Waals surface area (Å²) in [5, 5.41) is 10.7. The minimum absolute atomic E-state index is 0.0684. The van der Waals surface area contributed by atoms with E-state index in [1.165, 1.54) is 0 Å². The molecule has 6 heteroatoms. The van der Waals surface area contributed by atoms with Gasteiger partial charge in [0.2, 0.25) is 0 Å². The van der Waals surface area contributed by atoms with Gasteiger partial charge >= 0.3 is 0 Å². The van der Waals surface area contributed by atoms with Crippen molar-refractivity contribution in [3.63, 3.8) is 0 Å². The highest BCUT2D eigenvalue weighted by molar-refractivity contribution is 5.94. The van der Waals surface area contributed by atoms with E-state index in [1.54, 1.807) is 16.9 Å². The summed E-state index contributed by atoms with van der Waals surface area (Å²) in [6.45, 7) is 5.80. The fraction of sp³-hybridized carbons (Fsp3) is 0.438. The molecule has 1 aliphatic rings. The van der Waals surface area contributed by atoms with Gasteiger partial charge in [-0.2, -0.15) is 5.10 Å². The summed E-state index contributed by atoms with van der Waals surface area (Å²) in [5.41, 5.74) is 2.55. The molecule has 2 aromatic rings.